The molecule has 3 rings (SSSR count). The second kappa shape index (κ2) is 7.06. The van der Waals surface area contributed by atoms with Crippen molar-refractivity contribution in [2.75, 3.05) is 26.2 Å². The van der Waals surface area contributed by atoms with Crippen molar-refractivity contribution in [3.8, 4) is 0 Å². The molecule has 1 saturated heterocycles. The van der Waals surface area contributed by atoms with E-state index in [9.17, 15) is 0 Å². The molecule has 1 aliphatic heterocycles. The maximum Gasteiger partial charge on any atom is 0.0198 e. The summed E-state index contributed by atoms with van der Waals surface area (Å²) in [6, 6.07) is 5.20. The SMILES string of the molecule is CCN1CC(Cc2cccs2)CC(NCC2CCC2)C1. The lowest BCUT2D eigenvalue weighted by atomic mass is 9.84. The fourth-order valence-corrected chi connectivity index (χ4v) is 4.42. The molecular weight excluding hydrogens is 264 g/mol. The zero-order chi connectivity index (χ0) is 13.8. The van der Waals surface area contributed by atoms with Crippen molar-refractivity contribution >= 4 is 11.3 Å². The molecule has 1 saturated carbocycles. The van der Waals surface area contributed by atoms with Gasteiger partial charge in [-0.3, -0.25) is 0 Å². The summed E-state index contributed by atoms with van der Waals surface area (Å²) in [6.07, 6.45) is 7.00. The third-order valence-electron chi connectivity index (χ3n) is 5.05. The molecule has 0 radical (unpaired) electrons. The molecule has 3 heteroatoms. The zero-order valence-electron chi connectivity index (χ0n) is 12.7. The Kier molecular flexibility index (Phi) is 5.14. The first-order valence-corrected chi connectivity index (χ1v) is 9.19. The fourth-order valence-electron chi connectivity index (χ4n) is 3.60. The number of nitrogens with one attached hydrogen (secondary N) is 1. The van der Waals surface area contributed by atoms with Gasteiger partial charge < -0.3 is 10.2 Å². The minimum absolute atomic E-state index is 0.717. The zero-order valence-corrected chi connectivity index (χ0v) is 13.5. The van der Waals surface area contributed by atoms with Crippen molar-refractivity contribution in [1.82, 2.24) is 10.2 Å². The Morgan fingerprint density at radius 3 is 2.85 bits per heavy atom. The van der Waals surface area contributed by atoms with E-state index in [-0.39, 0.29) is 0 Å². The smallest absolute Gasteiger partial charge is 0.0198 e. The van der Waals surface area contributed by atoms with Gasteiger partial charge in [0.2, 0.25) is 0 Å². The van der Waals surface area contributed by atoms with Crippen LogP contribution in [0.5, 0.6) is 0 Å². The lowest BCUT2D eigenvalue weighted by Gasteiger charge is -2.39. The molecule has 2 aliphatic rings. The third-order valence-corrected chi connectivity index (χ3v) is 5.95. The number of hydrogen-bond donors (Lipinski definition) is 1. The number of likely N-dealkylation sites (N-methyl/N-ethyl adjacent to an activating group) is 1. The Hall–Kier alpha value is -0.380. The highest BCUT2D eigenvalue weighted by atomic mass is 32.1. The Morgan fingerprint density at radius 1 is 1.30 bits per heavy atom. The van der Waals surface area contributed by atoms with Gasteiger partial charge in [0.15, 0.2) is 0 Å². The minimum Gasteiger partial charge on any atom is -0.312 e. The average Bonchev–Trinajstić information content (AvgIpc) is 2.89. The van der Waals surface area contributed by atoms with Gasteiger partial charge in [0.25, 0.3) is 0 Å². The van der Waals surface area contributed by atoms with Gasteiger partial charge in [-0.25, -0.2) is 0 Å². The molecule has 1 aromatic heterocycles. The first kappa shape index (κ1) is 14.6. The van der Waals surface area contributed by atoms with E-state index in [0.717, 1.165) is 11.8 Å². The highest BCUT2D eigenvalue weighted by Crippen LogP contribution is 2.27. The van der Waals surface area contributed by atoms with E-state index in [1.54, 1.807) is 4.88 Å². The predicted octanol–water partition coefficient (Wildman–Crippen LogP) is 3.39. The van der Waals surface area contributed by atoms with Gasteiger partial charge in [0.05, 0.1) is 0 Å². The molecule has 20 heavy (non-hydrogen) atoms. The monoisotopic (exact) mass is 292 g/mol. The van der Waals surface area contributed by atoms with Crippen molar-refractivity contribution in [3.05, 3.63) is 22.4 Å². The summed E-state index contributed by atoms with van der Waals surface area (Å²) in [4.78, 5) is 4.20. The lowest BCUT2D eigenvalue weighted by Crippen LogP contribution is -2.50. The molecule has 112 valence electrons. The molecular formula is C17H28N2S. The van der Waals surface area contributed by atoms with Gasteiger partial charge in [-0.1, -0.05) is 19.4 Å². The van der Waals surface area contributed by atoms with Crippen LogP contribution in [-0.2, 0) is 6.42 Å². The molecule has 2 fully saturated rings. The van der Waals surface area contributed by atoms with Gasteiger partial charge in [-0.05, 0) is 62.1 Å². The molecule has 0 spiro atoms. The molecule has 1 aromatic rings. The second-order valence-corrected chi connectivity index (χ2v) is 7.67. The number of thiophene rings is 1. The molecule has 0 aromatic carbocycles. The molecule has 1 aliphatic carbocycles. The largest absolute Gasteiger partial charge is 0.312 e. The molecule has 2 nitrogen and oxygen atoms in total. The number of hydrogen-bond acceptors (Lipinski definition) is 3. The molecule has 2 atom stereocenters. The van der Waals surface area contributed by atoms with Crippen LogP contribution in [0, 0.1) is 11.8 Å². The van der Waals surface area contributed by atoms with Gasteiger partial charge >= 0.3 is 0 Å². The topological polar surface area (TPSA) is 15.3 Å². The van der Waals surface area contributed by atoms with Gasteiger partial charge in [-0.2, -0.15) is 0 Å². The van der Waals surface area contributed by atoms with Crippen LogP contribution in [-0.4, -0.2) is 37.1 Å². The highest BCUT2D eigenvalue weighted by molar-refractivity contribution is 7.09. The second-order valence-electron chi connectivity index (χ2n) is 6.64. The van der Waals surface area contributed by atoms with Crippen LogP contribution in [0.2, 0.25) is 0 Å². The Bertz CT molecular complexity index is 386. The molecule has 0 amide bonds. The summed E-state index contributed by atoms with van der Waals surface area (Å²) in [6.45, 7) is 7.30. The number of nitrogens with zero attached hydrogens (tertiary/aromatic N) is 1. The van der Waals surface area contributed by atoms with E-state index in [0.29, 0.717) is 6.04 Å². The van der Waals surface area contributed by atoms with Crippen LogP contribution in [0.15, 0.2) is 17.5 Å². The van der Waals surface area contributed by atoms with E-state index < -0.39 is 0 Å². The van der Waals surface area contributed by atoms with E-state index in [1.807, 2.05) is 11.3 Å². The first-order chi connectivity index (χ1) is 9.83. The maximum absolute atomic E-state index is 3.86. The molecule has 2 heterocycles. The van der Waals surface area contributed by atoms with Crippen molar-refractivity contribution in [2.24, 2.45) is 11.8 Å². The van der Waals surface area contributed by atoms with Crippen molar-refractivity contribution in [1.29, 1.82) is 0 Å². The van der Waals surface area contributed by atoms with Gasteiger partial charge in [0.1, 0.15) is 0 Å². The van der Waals surface area contributed by atoms with Crippen molar-refractivity contribution in [2.45, 2.75) is 45.1 Å². The Balaban J connectivity index is 1.51. The summed E-state index contributed by atoms with van der Waals surface area (Å²) < 4.78 is 0. The van der Waals surface area contributed by atoms with Crippen LogP contribution < -0.4 is 5.32 Å². The Morgan fingerprint density at radius 2 is 2.20 bits per heavy atom. The van der Waals surface area contributed by atoms with Crippen LogP contribution >= 0.6 is 11.3 Å². The van der Waals surface area contributed by atoms with E-state index in [1.165, 1.54) is 58.3 Å². The fraction of sp³-hybridized carbons (Fsp3) is 0.765. The number of rotatable bonds is 6. The first-order valence-electron chi connectivity index (χ1n) is 8.31. The number of piperidine rings is 1. The summed E-state index contributed by atoms with van der Waals surface area (Å²) in [5.74, 6) is 1.81. The lowest BCUT2D eigenvalue weighted by molar-refractivity contribution is 0.140. The van der Waals surface area contributed by atoms with E-state index in [4.69, 9.17) is 0 Å². The van der Waals surface area contributed by atoms with Crippen LogP contribution in [0.3, 0.4) is 0 Å². The highest BCUT2D eigenvalue weighted by Gasteiger charge is 2.27. The molecule has 0 bridgehead atoms. The minimum atomic E-state index is 0.717. The van der Waals surface area contributed by atoms with Crippen LogP contribution in [0.25, 0.3) is 0 Å². The van der Waals surface area contributed by atoms with Crippen LogP contribution in [0.1, 0.15) is 37.5 Å². The van der Waals surface area contributed by atoms with Crippen LogP contribution in [0.4, 0.5) is 0 Å². The van der Waals surface area contributed by atoms with Crippen molar-refractivity contribution < 1.29 is 0 Å². The van der Waals surface area contributed by atoms with E-state index in [2.05, 4.69) is 34.7 Å². The number of likely N-dealkylation sites (tertiary alicyclic amines) is 1. The summed E-state index contributed by atoms with van der Waals surface area (Å²) in [7, 11) is 0. The van der Waals surface area contributed by atoms with Gasteiger partial charge in [0, 0.05) is 24.0 Å². The van der Waals surface area contributed by atoms with Crippen molar-refractivity contribution in [3.63, 3.8) is 0 Å². The quantitative estimate of drug-likeness (QED) is 0.864. The summed E-state index contributed by atoms with van der Waals surface area (Å²) in [5.41, 5.74) is 0. The summed E-state index contributed by atoms with van der Waals surface area (Å²) >= 11 is 1.92. The predicted molar refractivity (Wildman–Crippen MR) is 87.4 cm³/mol. The van der Waals surface area contributed by atoms with E-state index >= 15 is 0 Å². The third kappa shape index (κ3) is 3.84. The summed E-state index contributed by atoms with van der Waals surface area (Å²) in [5, 5.41) is 6.07. The molecule has 1 N–H and O–H groups in total. The maximum atomic E-state index is 3.86. The standard InChI is InChI=1S/C17H28N2S/c1-2-19-12-15(10-17-7-4-8-20-17)9-16(13-19)18-11-14-5-3-6-14/h4,7-8,14-16,18H,2-3,5-6,9-13H2,1H3. The Labute approximate surface area is 127 Å². The average molecular weight is 292 g/mol. The van der Waals surface area contributed by atoms with Gasteiger partial charge in [-0.15, -0.1) is 11.3 Å². The molecule has 2 unspecified atom stereocenters. The normalized spacial score (nSPS) is 28.4.